The molecule has 106 valence electrons. The van der Waals surface area contributed by atoms with Gasteiger partial charge < -0.3 is 9.32 Å². The molecule has 0 aliphatic carbocycles. The number of benzene rings is 2. The zero-order chi connectivity index (χ0) is 14.4. The lowest BCUT2D eigenvalue weighted by Crippen LogP contribution is -2.30. The maximum atomic E-state index is 13.3. The fourth-order valence-electron chi connectivity index (χ4n) is 3.23. The summed E-state index contributed by atoms with van der Waals surface area (Å²) in [6, 6.07) is 15.1. The molecule has 0 amide bonds. The van der Waals surface area contributed by atoms with Gasteiger partial charge in [-0.1, -0.05) is 24.3 Å². The summed E-state index contributed by atoms with van der Waals surface area (Å²) in [6.45, 7) is 1.88. The Hall–Kier alpha value is -2.13. The van der Waals surface area contributed by atoms with Crippen molar-refractivity contribution < 1.29 is 8.81 Å². The number of furan rings is 1. The minimum absolute atomic E-state index is 0.204. The Balaban J connectivity index is 1.84. The zero-order valence-electron chi connectivity index (χ0n) is 11.8. The molecule has 0 fully saturated rings. The second-order valence-electron chi connectivity index (χ2n) is 5.78. The van der Waals surface area contributed by atoms with Gasteiger partial charge in [0.2, 0.25) is 0 Å². The van der Waals surface area contributed by atoms with Crippen molar-refractivity contribution in [3.8, 4) is 0 Å². The molecule has 0 spiro atoms. The molecule has 0 radical (unpaired) electrons. The Morgan fingerprint density at radius 2 is 2.00 bits per heavy atom. The van der Waals surface area contributed by atoms with Gasteiger partial charge in [0, 0.05) is 18.5 Å². The van der Waals surface area contributed by atoms with Crippen molar-refractivity contribution in [2.45, 2.75) is 12.5 Å². The van der Waals surface area contributed by atoms with E-state index in [4.69, 9.17) is 4.42 Å². The predicted molar refractivity (Wildman–Crippen MR) is 80.8 cm³/mol. The number of nitrogens with zero attached hydrogens (tertiary/aromatic N) is 1. The van der Waals surface area contributed by atoms with Gasteiger partial charge in [0.15, 0.2) is 0 Å². The molecule has 2 heterocycles. The van der Waals surface area contributed by atoms with E-state index >= 15 is 0 Å². The summed E-state index contributed by atoms with van der Waals surface area (Å²) < 4.78 is 19.3. The molecule has 1 aromatic heterocycles. The van der Waals surface area contributed by atoms with Crippen LogP contribution in [0.5, 0.6) is 0 Å². The van der Waals surface area contributed by atoms with Crippen molar-refractivity contribution in [1.82, 2.24) is 4.90 Å². The van der Waals surface area contributed by atoms with E-state index in [1.807, 2.05) is 6.07 Å². The monoisotopic (exact) mass is 281 g/mol. The number of hydrogen-bond acceptors (Lipinski definition) is 2. The summed E-state index contributed by atoms with van der Waals surface area (Å²) in [7, 11) is 2.12. The van der Waals surface area contributed by atoms with Crippen LogP contribution in [-0.2, 0) is 6.54 Å². The standard InChI is InChI=1S/C18H16FNO/c1-20-10-12-4-2-3-5-15(12)16(11-20)18-9-13-8-14(19)6-7-17(13)21-18/h2-9,16H,10-11H2,1H3. The Kier molecular flexibility index (Phi) is 2.82. The van der Waals surface area contributed by atoms with Gasteiger partial charge in [0.1, 0.15) is 17.2 Å². The largest absolute Gasteiger partial charge is 0.460 e. The van der Waals surface area contributed by atoms with E-state index in [0.717, 1.165) is 29.8 Å². The first-order valence-electron chi connectivity index (χ1n) is 7.16. The highest BCUT2D eigenvalue weighted by atomic mass is 19.1. The van der Waals surface area contributed by atoms with Crippen LogP contribution in [0.3, 0.4) is 0 Å². The number of fused-ring (bicyclic) bond motifs is 2. The van der Waals surface area contributed by atoms with Crippen molar-refractivity contribution in [2.75, 3.05) is 13.6 Å². The lowest BCUT2D eigenvalue weighted by molar-refractivity contribution is 0.282. The minimum atomic E-state index is -0.226. The average Bonchev–Trinajstić information content (AvgIpc) is 2.89. The van der Waals surface area contributed by atoms with E-state index in [1.165, 1.54) is 23.3 Å². The van der Waals surface area contributed by atoms with Gasteiger partial charge in [0.05, 0.1) is 5.92 Å². The van der Waals surface area contributed by atoms with Crippen molar-refractivity contribution >= 4 is 11.0 Å². The number of likely N-dealkylation sites (N-methyl/N-ethyl adjacent to an activating group) is 1. The molecule has 3 aromatic rings. The second kappa shape index (κ2) is 4.71. The van der Waals surface area contributed by atoms with Crippen molar-refractivity contribution in [3.63, 3.8) is 0 Å². The molecule has 2 nitrogen and oxygen atoms in total. The normalized spacial score (nSPS) is 18.9. The summed E-state index contributed by atoms with van der Waals surface area (Å²) in [5, 5.41) is 0.829. The highest BCUT2D eigenvalue weighted by molar-refractivity contribution is 5.78. The third-order valence-electron chi connectivity index (χ3n) is 4.21. The Morgan fingerprint density at radius 1 is 1.14 bits per heavy atom. The molecular weight excluding hydrogens is 265 g/mol. The SMILES string of the molecule is CN1Cc2ccccc2C(c2cc3cc(F)ccc3o2)C1. The minimum Gasteiger partial charge on any atom is -0.460 e. The Bertz CT molecular complexity index is 808. The molecule has 0 saturated heterocycles. The topological polar surface area (TPSA) is 16.4 Å². The molecule has 2 aromatic carbocycles. The molecule has 1 aliphatic rings. The average molecular weight is 281 g/mol. The van der Waals surface area contributed by atoms with E-state index in [1.54, 1.807) is 6.07 Å². The molecule has 4 rings (SSSR count). The molecular formula is C18H16FNO. The van der Waals surface area contributed by atoms with E-state index in [9.17, 15) is 4.39 Å². The third kappa shape index (κ3) is 2.14. The fourth-order valence-corrected chi connectivity index (χ4v) is 3.23. The molecule has 0 saturated carbocycles. The predicted octanol–water partition coefficient (Wildman–Crippen LogP) is 4.15. The van der Waals surface area contributed by atoms with E-state index in [-0.39, 0.29) is 11.7 Å². The summed E-state index contributed by atoms with van der Waals surface area (Å²) in [6.07, 6.45) is 0. The van der Waals surface area contributed by atoms with Crippen LogP contribution in [0.1, 0.15) is 22.8 Å². The van der Waals surface area contributed by atoms with Crippen LogP contribution in [0, 0.1) is 5.82 Å². The molecule has 1 atom stereocenters. The highest BCUT2D eigenvalue weighted by Gasteiger charge is 2.27. The molecule has 0 bridgehead atoms. The van der Waals surface area contributed by atoms with E-state index in [0.29, 0.717) is 0 Å². The van der Waals surface area contributed by atoms with Crippen LogP contribution < -0.4 is 0 Å². The first-order chi connectivity index (χ1) is 10.2. The molecule has 21 heavy (non-hydrogen) atoms. The Labute approximate surface area is 122 Å². The lowest BCUT2D eigenvalue weighted by Gasteiger charge is -2.31. The van der Waals surface area contributed by atoms with Gasteiger partial charge >= 0.3 is 0 Å². The second-order valence-corrected chi connectivity index (χ2v) is 5.78. The van der Waals surface area contributed by atoms with Gasteiger partial charge in [0.25, 0.3) is 0 Å². The molecule has 0 N–H and O–H groups in total. The molecule has 1 aliphatic heterocycles. The van der Waals surface area contributed by atoms with Gasteiger partial charge in [-0.15, -0.1) is 0 Å². The van der Waals surface area contributed by atoms with Crippen molar-refractivity contribution in [3.05, 3.63) is 71.2 Å². The number of hydrogen-bond donors (Lipinski definition) is 0. The maximum absolute atomic E-state index is 13.3. The zero-order valence-corrected chi connectivity index (χ0v) is 11.8. The Morgan fingerprint density at radius 3 is 2.90 bits per heavy atom. The number of halogens is 1. The quantitative estimate of drug-likeness (QED) is 0.666. The van der Waals surface area contributed by atoms with Gasteiger partial charge in [-0.2, -0.15) is 0 Å². The van der Waals surface area contributed by atoms with Crippen LogP contribution in [-0.4, -0.2) is 18.5 Å². The van der Waals surface area contributed by atoms with Crippen molar-refractivity contribution in [2.24, 2.45) is 0 Å². The molecule has 3 heteroatoms. The first kappa shape index (κ1) is 12.6. The third-order valence-corrected chi connectivity index (χ3v) is 4.21. The summed E-state index contributed by atoms with van der Waals surface area (Å²) >= 11 is 0. The van der Waals surface area contributed by atoms with Gasteiger partial charge in [-0.05, 0) is 42.4 Å². The van der Waals surface area contributed by atoms with Crippen LogP contribution in [0.2, 0.25) is 0 Å². The smallest absolute Gasteiger partial charge is 0.134 e. The van der Waals surface area contributed by atoms with Crippen LogP contribution in [0.15, 0.2) is 52.9 Å². The van der Waals surface area contributed by atoms with Crippen LogP contribution in [0.25, 0.3) is 11.0 Å². The highest BCUT2D eigenvalue weighted by Crippen LogP contribution is 2.35. The summed E-state index contributed by atoms with van der Waals surface area (Å²) in [5.74, 6) is 0.890. The molecule has 1 unspecified atom stereocenters. The van der Waals surface area contributed by atoms with Crippen LogP contribution in [0.4, 0.5) is 4.39 Å². The maximum Gasteiger partial charge on any atom is 0.134 e. The van der Waals surface area contributed by atoms with E-state index < -0.39 is 0 Å². The first-order valence-corrected chi connectivity index (χ1v) is 7.16. The lowest BCUT2D eigenvalue weighted by atomic mass is 9.88. The van der Waals surface area contributed by atoms with Crippen molar-refractivity contribution in [1.29, 1.82) is 0 Å². The summed E-state index contributed by atoms with van der Waals surface area (Å²) in [5.41, 5.74) is 3.40. The van der Waals surface area contributed by atoms with Gasteiger partial charge in [-0.3, -0.25) is 0 Å². The number of rotatable bonds is 1. The summed E-state index contributed by atoms with van der Waals surface area (Å²) in [4.78, 5) is 2.29. The van der Waals surface area contributed by atoms with E-state index in [2.05, 4.69) is 36.2 Å². The van der Waals surface area contributed by atoms with Gasteiger partial charge in [-0.25, -0.2) is 4.39 Å². The fraction of sp³-hybridized carbons (Fsp3) is 0.222. The van der Waals surface area contributed by atoms with Crippen LogP contribution >= 0.6 is 0 Å².